The maximum atomic E-state index is 12.4. The summed E-state index contributed by atoms with van der Waals surface area (Å²) >= 11 is 0. The molecule has 1 aromatic rings. The summed E-state index contributed by atoms with van der Waals surface area (Å²) in [7, 11) is 0. The molecular weight excluding hydrogens is 506 g/mol. The van der Waals surface area contributed by atoms with Gasteiger partial charge >= 0.3 is 24.1 Å². The fourth-order valence-corrected chi connectivity index (χ4v) is 3.12. The van der Waals surface area contributed by atoms with E-state index in [4.69, 9.17) is 29.4 Å². The van der Waals surface area contributed by atoms with E-state index < -0.39 is 36.2 Å². The van der Waals surface area contributed by atoms with Gasteiger partial charge in [-0.05, 0) is 69.1 Å². The number of benzene rings is 1. The molecule has 220 valence electrons. The number of nitrogens with two attached hydrogens (primary N) is 1. The van der Waals surface area contributed by atoms with Gasteiger partial charge in [-0.15, -0.1) is 0 Å². The van der Waals surface area contributed by atoms with Gasteiger partial charge in [0.15, 0.2) is 11.5 Å². The minimum absolute atomic E-state index is 0.0717. The van der Waals surface area contributed by atoms with Crippen molar-refractivity contribution in [2.45, 2.75) is 105 Å². The summed E-state index contributed by atoms with van der Waals surface area (Å²) in [5.74, 6) is -0.716. The molecule has 0 radical (unpaired) electrons. The van der Waals surface area contributed by atoms with Gasteiger partial charge in [0.2, 0.25) is 0 Å². The Hall–Kier alpha value is -3.14. The topological polar surface area (TPSA) is 140 Å². The average Bonchev–Trinajstić information content (AvgIpc) is 2.85. The van der Waals surface area contributed by atoms with Crippen LogP contribution in [0.25, 0.3) is 0 Å². The summed E-state index contributed by atoms with van der Waals surface area (Å²) < 4.78 is 26.3. The van der Waals surface area contributed by atoms with Crippen LogP contribution >= 0.6 is 0 Å². The smallest absolute Gasteiger partial charge is 0.461 e. The van der Waals surface area contributed by atoms with Gasteiger partial charge in [0.05, 0.1) is 0 Å². The molecule has 3 atom stereocenters. The molecule has 2 N–H and O–H groups in total. The van der Waals surface area contributed by atoms with Crippen molar-refractivity contribution in [1.29, 1.82) is 0 Å². The van der Waals surface area contributed by atoms with Gasteiger partial charge in [-0.1, -0.05) is 40.7 Å². The van der Waals surface area contributed by atoms with E-state index in [1.54, 1.807) is 19.9 Å². The Morgan fingerprint density at radius 2 is 1.33 bits per heavy atom. The lowest BCUT2D eigenvalue weighted by atomic mass is 10.1. The van der Waals surface area contributed by atoms with Crippen molar-refractivity contribution in [2.24, 2.45) is 17.6 Å². The molecule has 39 heavy (non-hydrogen) atoms. The van der Waals surface area contributed by atoms with Crippen molar-refractivity contribution in [3.8, 4) is 11.5 Å². The third-order valence-electron chi connectivity index (χ3n) is 5.70. The molecule has 0 spiro atoms. The van der Waals surface area contributed by atoms with E-state index in [-0.39, 0.29) is 43.5 Å². The zero-order valence-corrected chi connectivity index (χ0v) is 24.3. The van der Waals surface area contributed by atoms with Crippen LogP contribution in [0, 0.1) is 11.8 Å². The fraction of sp³-hybridized carbons (Fsp3) is 0.655. The summed E-state index contributed by atoms with van der Waals surface area (Å²) in [5, 5.41) is 0. The molecule has 0 aliphatic rings. The van der Waals surface area contributed by atoms with Crippen LogP contribution in [-0.4, -0.2) is 48.9 Å². The van der Waals surface area contributed by atoms with Gasteiger partial charge in [-0.3, -0.25) is 14.4 Å². The first-order chi connectivity index (χ1) is 18.3. The van der Waals surface area contributed by atoms with E-state index in [0.29, 0.717) is 36.7 Å². The first-order valence-electron chi connectivity index (χ1n) is 13.6. The van der Waals surface area contributed by atoms with Crippen LogP contribution in [0.2, 0.25) is 0 Å². The predicted molar refractivity (Wildman–Crippen MR) is 145 cm³/mol. The quantitative estimate of drug-likeness (QED) is 0.217. The highest BCUT2D eigenvalue weighted by Crippen LogP contribution is 2.30. The van der Waals surface area contributed by atoms with E-state index >= 15 is 0 Å². The minimum atomic E-state index is -1.03. The number of rotatable bonds is 16. The monoisotopic (exact) mass is 551 g/mol. The number of carbonyl (C=O) groups excluding carboxylic acids is 4. The molecule has 10 nitrogen and oxygen atoms in total. The molecule has 0 saturated heterocycles. The second-order valence-electron chi connectivity index (χ2n) is 10.6. The van der Waals surface area contributed by atoms with E-state index in [1.165, 1.54) is 12.1 Å². The highest BCUT2D eigenvalue weighted by molar-refractivity contribution is 5.77. The normalized spacial score (nSPS) is 13.4. The number of esters is 3. The minimum Gasteiger partial charge on any atom is -0.461 e. The van der Waals surface area contributed by atoms with E-state index in [2.05, 4.69) is 0 Å². The van der Waals surface area contributed by atoms with E-state index in [9.17, 15) is 19.2 Å². The summed E-state index contributed by atoms with van der Waals surface area (Å²) in [6.07, 6.45) is 0.632. The highest BCUT2D eigenvalue weighted by Gasteiger charge is 2.21. The molecule has 1 aromatic carbocycles. The molecule has 0 saturated carbocycles. The maximum absolute atomic E-state index is 12.4. The molecule has 0 aliphatic heterocycles. The van der Waals surface area contributed by atoms with Crippen LogP contribution in [-0.2, 0) is 35.0 Å². The molecule has 0 heterocycles. The molecule has 1 unspecified atom stereocenters. The largest absolute Gasteiger partial charge is 0.508 e. The van der Waals surface area contributed by atoms with Gasteiger partial charge in [0.1, 0.15) is 24.9 Å². The lowest BCUT2D eigenvalue weighted by molar-refractivity contribution is -0.148. The van der Waals surface area contributed by atoms with Crippen molar-refractivity contribution in [1.82, 2.24) is 0 Å². The van der Waals surface area contributed by atoms with Crippen LogP contribution in [0.1, 0.15) is 86.1 Å². The molecule has 0 amide bonds. The molecule has 0 aliphatic carbocycles. The van der Waals surface area contributed by atoms with E-state index in [1.807, 2.05) is 34.6 Å². The first-order valence-corrected chi connectivity index (χ1v) is 13.6. The standard InChI is InChI=1S/C29H45NO9/c1-8-20(6)36-29(34)37-21(7)17-35-28(33)23(30)15-22-11-12-24(38-26(31)13-9-18(2)3)25(16-22)39-27(32)14-10-19(4)5/h11-12,16,18-21,23H,8-10,13-15,17,30H2,1-7H3/t20?,21-,23-/m0/s1. The Kier molecular flexibility index (Phi) is 15.2. The van der Waals surface area contributed by atoms with Crippen molar-refractivity contribution < 1.29 is 42.9 Å². The van der Waals surface area contributed by atoms with Crippen molar-refractivity contribution in [3.05, 3.63) is 23.8 Å². The molecule has 0 bridgehead atoms. The highest BCUT2D eigenvalue weighted by atomic mass is 16.7. The van der Waals surface area contributed by atoms with Crippen LogP contribution < -0.4 is 15.2 Å². The van der Waals surface area contributed by atoms with Crippen LogP contribution in [0.15, 0.2) is 18.2 Å². The zero-order chi connectivity index (χ0) is 29.5. The summed E-state index contributed by atoms with van der Waals surface area (Å²) in [6.45, 7) is 13.0. The van der Waals surface area contributed by atoms with Gasteiger partial charge in [-0.25, -0.2) is 4.79 Å². The number of carbonyl (C=O) groups is 4. The van der Waals surface area contributed by atoms with Crippen molar-refractivity contribution in [3.63, 3.8) is 0 Å². The van der Waals surface area contributed by atoms with Gasteiger partial charge in [-0.2, -0.15) is 0 Å². The average molecular weight is 552 g/mol. The molecule has 0 aromatic heterocycles. The van der Waals surface area contributed by atoms with Crippen LogP contribution in [0.5, 0.6) is 11.5 Å². The van der Waals surface area contributed by atoms with Crippen LogP contribution in [0.3, 0.4) is 0 Å². The lowest BCUT2D eigenvalue weighted by Crippen LogP contribution is -2.36. The third-order valence-corrected chi connectivity index (χ3v) is 5.70. The Balaban J connectivity index is 2.83. The number of hydrogen-bond acceptors (Lipinski definition) is 10. The van der Waals surface area contributed by atoms with Gasteiger partial charge in [0, 0.05) is 12.8 Å². The Morgan fingerprint density at radius 1 is 0.795 bits per heavy atom. The molecule has 10 heteroatoms. The summed E-state index contributed by atoms with van der Waals surface area (Å²) in [4.78, 5) is 48.9. The van der Waals surface area contributed by atoms with E-state index in [0.717, 1.165) is 0 Å². The Morgan fingerprint density at radius 3 is 1.87 bits per heavy atom. The van der Waals surface area contributed by atoms with Crippen LogP contribution in [0.4, 0.5) is 4.79 Å². The second-order valence-corrected chi connectivity index (χ2v) is 10.6. The lowest BCUT2D eigenvalue weighted by Gasteiger charge is -2.17. The third kappa shape index (κ3) is 14.6. The summed E-state index contributed by atoms with van der Waals surface area (Å²) in [5.41, 5.74) is 6.62. The van der Waals surface area contributed by atoms with Crippen molar-refractivity contribution in [2.75, 3.05) is 6.61 Å². The first kappa shape index (κ1) is 33.9. The SMILES string of the molecule is CCC(C)OC(=O)O[C@@H](C)COC(=O)[C@@H](N)Cc1ccc(OC(=O)CCC(C)C)c(OC(=O)CCC(C)C)c1. The molecule has 1 rings (SSSR count). The molecule has 0 fully saturated rings. The van der Waals surface area contributed by atoms with Gasteiger partial charge < -0.3 is 29.4 Å². The molecular formula is C29H45NO9. The number of ether oxygens (including phenoxy) is 5. The second kappa shape index (κ2) is 17.4. The maximum Gasteiger partial charge on any atom is 0.508 e. The van der Waals surface area contributed by atoms with Gasteiger partial charge in [0.25, 0.3) is 0 Å². The Labute approximate surface area is 231 Å². The fourth-order valence-electron chi connectivity index (χ4n) is 3.12. The van der Waals surface area contributed by atoms with Crippen molar-refractivity contribution >= 4 is 24.1 Å². The predicted octanol–water partition coefficient (Wildman–Crippen LogP) is 5.12. The number of hydrogen-bond donors (Lipinski definition) is 1. The summed E-state index contributed by atoms with van der Waals surface area (Å²) in [6, 6.07) is 3.65. The zero-order valence-electron chi connectivity index (χ0n) is 24.3. The Bertz CT molecular complexity index is 945.